The fraction of sp³-hybridized carbons (Fsp3) is 0.875. The van der Waals surface area contributed by atoms with Gasteiger partial charge in [-0.1, -0.05) is 0 Å². The first kappa shape index (κ1) is 12.4. The van der Waals surface area contributed by atoms with Crippen LogP contribution in [0.15, 0.2) is 0 Å². The first-order valence-corrected chi connectivity index (χ1v) is 5.85. The van der Waals surface area contributed by atoms with Crippen molar-refractivity contribution in [2.75, 3.05) is 7.05 Å². The standard InChI is InChI=1S/C8H16N2O4S/c1-10(15(13)14)7-4-2-6(3-5-7)9-8(11)12/h6-7,9H,2-5H2,1H3,(H,11,12)(H,13,14)/p-1. The molecule has 0 aromatic carbocycles. The van der Waals surface area contributed by atoms with Crippen molar-refractivity contribution in [3.8, 4) is 0 Å². The molecule has 2 N–H and O–H groups in total. The van der Waals surface area contributed by atoms with Gasteiger partial charge in [-0.3, -0.25) is 4.21 Å². The third kappa shape index (κ3) is 3.77. The van der Waals surface area contributed by atoms with Gasteiger partial charge in [0.15, 0.2) is 0 Å². The minimum atomic E-state index is -2.18. The van der Waals surface area contributed by atoms with Crippen LogP contribution < -0.4 is 5.32 Å². The SMILES string of the molecule is CN(C1CCC(NC(=O)O)CC1)S(=O)[O-]. The van der Waals surface area contributed by atoms with Crippen LogP contribution in [0.5, 0.6) is 0 Å². The summed E-state index contributed by atoms with van der Waals surface area (Å²) in [6, 6.07) is -0.0255. The Balaban J connectivity index is 2.35. The molecule has 1 amide bonds. The van der Waals surface area contributed by atoms with Gasteiger partial charge in [0.05, 0.1) is 0 Å². The Morgan fingerprint density at radius 3 is 2.40 bits per heavy atom. The van der Waals surface area contributed by atoms with Crippen LogP contribution in [0, 0.1) is 0 Å². The molecule has 1 unspecified atom stereocenters. The van der Waals surface area contributed by atoms with Gasteiger partial charge in [-0.05, 0) is 32.7 Å². The van der Waals surface area contributed by atoms with Crippen molar-refractivity contribution < 1.29 is 18.7 Å². The largest absolute Gasteiger partial charge is 0.760 e. The average molecular weight is 235 g/mol. The van der Waals surface area contributed by atoms with Gasteiger partial charge in [-0.2, -0.15) is 0 Å². The maximum Gasteiger partial charge on any atom is 0.404 e. The lowest BCUT2D eigenvalue weighted by Gasteiger charge is -2.35. The number of nitrogens with zero attached hydrogens (tertiary/aromatic N) is 1. The minimum absolute atomic E-state index is 0.00942. The highest BCUT2D eigenvalue weighted by atomic mass is 32.2. The van der Waals surface area contributed by atoms with Crippen LogP contribution in [0.4, 0.5) is 4.79 Å². The molecular weight excluding hydrogens is 220 g/mol. The van der Waals surface area contributed by atoms with Gasteiger partial charge in [0.2, 0.25) is 0 Å². The zero-order chi connectivity index (χ0) is 11.4. The van der Waals surface area contributed by atoms with E-state index in [0.29, 0.717) is 25.7 Å². The molecule has 0 radical (unpaired) electrons. The fourth-order valence-electron chi connectivity index (χ4n) is 1.88. The molecule has 1 aliphatic rings. The van der Waals surface area contributed by atoms with Crippen LogP contribution in [0.25, 0.3) is 0 Å². The number of amides is 1. The summed E-state index contributed by atoms with van der Waals surface area (Å²) < 4.78 is 22.7. The van der Waals surface area contributed by atoms with E-state index in [9.17, 15) is 13.6 Å². The van der Waals surface area contributed by atoms with Gasteiger partial charge in [0, 0.05) is 23.4 Å². The highest BCUT2D eigenvalue weighted by molar-refractivity contribution is 7.76. The number of rotatable bonds is 3. The average Bonchev–Trinajstić information content (AvgIpc) is 2.17. The quantitative estimate of drug-likeness (QED) is 0.688. The monoisotopic (exact) mass is 235 g/mol. The first-order valence-electron chi connectivity index (χ1n) is 4.82. The van der Waals surface area contributed by atoms with E-state index in [1.54, 1.807) is 7.05 Å². The maximum atomic E-state index is 10.7. The summed E-state index contributed by atoms with van der Waals surface area (Å²) in [5, 5.41) is 10.9. The van der Waals surface area contributed by atoms with Crippen LogP contribution in [0.1, 0.15) is 25.7 Å². The topological polar surface area (TPSA) is 92.7 Å². The Morgan fingerprint density at radius 2 is 2.00 bits per heavy atom. The summed E-state index contributed by atoms with van der Waals surface area (Å²) in [5.74, 6) is 0. The van der Waals surface area contributed by atoms with E-state index in [0.717, 1.165) is 0 Å². The molecule has 0 aromatic heterocycles. The molecule has 0 aromatic rings. The van der Waals surface area contributed by atoms with E-state index in [1.165, 1.54) is 4.31 Å². The van der Waals surface area contributed by atoms with Crippen LogP contribution in [-0.4, -0.2) is 43.4 Å². The molecule has 7 heteroatoms. The van der Waals surface area contributed by atoms with E-state index in [4.69, 9.17) is 5.11 Å². The smallest absolute Gasteiger partial charge is 0.404 e. The van der Waals surface area contributed by atoms with E-state index in [-0.39, 0.29) is 12.1 Å². The molecule has 1 fully saturated rings. The first-order chi connectivity index (χ1) is 7.00. The van der Waals surface area contributed by atoms with Crippen molar-refractivity contribution in [3.05, 3.63) is 0 Å². The van der Waals surface area contributed by atoms with Crippen molar-refractivity contribution in [2.24, 2.45) is 0 Å². The maximum absolute atomic E-state index is 10.7. The molecule has 0 spiro atoms. The summed E-state index contributed by atoms with van der Waals surface area (Å²) in [5.41, 5.74) is 0. The van der Waals surface area contributed by atoms with Crippen molar-refractivity contribution in [1.29, 1.82) is 0 Å². The zero-order valence-corrected chi connectivity index (χ0v) is 9.33. The third-order valence-electron chi connectivity index (χ3n) is 2.77. The van der Waals surface area contributed by atoms with Crippen molar-refractivity contribution in [1.82, 2.24) is 9.62 Å². The second kappa shape index (κ2) is 5.43. The second-order valence-electron chi connectivity index (χ2n) is 3.72. The highest BCUT2D eigenvalue weighted by Gasteiger charge is 2.25. The van der Waals surface area contributed by atoms with Gasteiger partial charge in [0.1, 0.15) is 0 Å². The van der Waals surface area contributed by atoms with Gasteiger partial charge in [-0.25, -0.2) is 9.10 Å². The summed E-state index contributed by atoms with van der Waals surface area (Å²) in [4.78, 5) is 10.4. The molecule has 1 aliphatic carbocycles. The lowest BCUT2D eigenvalue weighted by Crippen LogP contribution is -2.42. The van der Waals surface area contributed by atoms with E-state index in [1.807, 2.05) is 0 Å². The Bertz CT molecular complexity index is 253. The number of hydrogen-bond donors (Lipinski definition) is 2. The van der Waals surface area contributed by atoms with E-state index >= 15 is 0 Å². The van der Waals surface area contributed by atoms with Gasteiger partial charge >= 0.3 is 6.09 Å². The predicted octanol–water partition coefficient (Wildman–Crippen LogP) is 0.291. The highest BCUT2D eigenvalue weighted by Crippen LogP contribution is 2.22. The molecule has 1 rings (SSSR count). The van der Waals surface area contributed by atoms with Crippen molar-refractivity contribution >= 4 is 17.4 Å². The Hall–Kier alpha value is -0.660. The molecule has 15 heavy (non-hydrogen) atoms. The molecule has 0 aliphatic heterocycles. The summed E-state index contributed by atoms with van der Waals surface area (Å²) in [6.45, 7) is 0. The van der Waals surface area contributed by atoms with Crippen LogP contribution in [-0.2, 0) is 11.3 Å². The lowest BCUT2D eigenvalue weighted by atomic mass is 9.91. The lowest BCUT2D eigenvalue weighted by molar-refractivity contribution is 0.179. The Kier molecular flexibility index (Phi) is 4.49. The molecular formula is C8H15N2O4S-. The van der Waals surface area contributed by atoms with Gasteiger partial charge in [-0.15, -0.1) is 0 Å². The fourth-order valence-corrected chi connectivity index (χ4v) is 2.33. The second-order valence-corrected chi connectivity index (χ2v) is 4.73. The van der Waals surface area contributed by atoms with Gasteiger partial charge < -0.3 is 15.0 Å². The zero-order valence-electron chi connectivity index (χ0n) is 8.51. The third-order valence-corrected chi connectivity index (χ3v) is 3.54. The van der Waals surface area contributed by atoms with Crippen LogP contribution >= 0.6 is 0 Å². The van der Waals surface area contributed by atoms with Crippen molar-refractivity contribution in [3.63, 3.8) is 0 Å². The summed E-state index contributed by atoms with van der Waals surface area (Å²) in [7, 11) is 1.54. The molecule has 6 nitrogen and oxygen atoms in total. The molecule has 1 atom stereocenters. The normalized spacial score (nSPS) is 28.7. The van der Waals surface area contributed by atoms with Crippen LogP contribution in [0.3, 0.4) is 0 Å². The number of nitrogens with one attached hydrogen (secondary N) is 1. The van der Waals surface area contributed by atoms with Crippen LogP contribution in [0.2, 0.25) is 0 Å². The molecule has 0 saturated heterocycles. The predicted molar refractivity (Wildman–Crippen MR) is 53.9 cm³/mol. The Morgan fingerprint density at radius 1 is 1.47 bits per heavy atom. The summed E-state index contributed by atoms with van der Waals surface area (Å²) in [6.07, 6.45) is 1.78. The number of carboxylic acid groups (broad SMARTS) is 1. The molecule has 0 heterocycles. The molecule has 1 saturated carbocycles. The molecule has 0 bridgehead atoms. The Labute approximate surface area is 91.1 Å². The van der Waals surface area contributed by atoms with E-state index in [2.05, 4.69) is 5.32 Å². The number of carbonyl (C=O) groups is 1. The number of hydrogen-bond acceptors (Lipinski definition) is 3. The minimum Gasteiger partial charge on any atom is -0.760 e. The van der Waals surface area contributed by atoms with Crippen molar-refractivity contribution in [2.45, 2.75) is 37.8 Å². The summed E-state index contributed by atoms with van der Waals surface area (Å²) >= 11 is -2.18. The van der Waals surface area contributed by atoms with Gasteiger partial charge in [0.25, 0.3) is 0 Å². The van der Waals surface area contributed by atoms with E-state index < -0.39 is 17.4 Å². The molecule has 88 valence electrons.